The van der Waals surface area contributed by atoms with Gasteiger partial charge in [0.05, 0.1) is 12.2 Å². The Bertz CT molecular complexity index is 1070. The monoisotopic (exact) mass is 387 g/mol. The molecule has 1 atom stereocenters. The Hall–Kier alpha value is -3.74. The average Bonchev–Trinajstić information content (AvgIpc) is 3.43. The van der Waals surface area contributed by atoms with Gasteiger partial charge in [0.1, 0.15) is 5.82 Å². The maximum Gasteiger partial charge on any atom is 0.290 e. The van der Waals surface area contributed by atoms with Crippen molar-refractivity contribution in [1.29, 1.82) is 0 Å². The van der Waals surface area contributed by atoms with Crippen molar-refractivity contribution in [3.8, 4) is 11.4 Å². The number of carbonyl (C=O) groups is 1. The summed E-state index contributed by atoms with van der Waals surface area (Å²) >= 11 is 0. The summed E-state index contributed by atoms with van der Waals surface area (Å²) in [6, 6.07) is 21.5. The molecule has 0 unspecified atom stereocenters. The summed E-state index contributed by atoms with van der Waals surface area (Å²) in [5.74, 6) is 1.28. The first-order valence-corrected chi connectivity index (χ1v) is 9.44. The van der Waals surface area contributed by atoms with E-state index in [2.05, 4.69) is 44.7 Å². The molecule has 0 spiro atoms. The minimum atomic E-state index is -0.339. The molecule has 0 aliphatic rings. The summed E-state index contributed by atoms with van der Waals surface area (Å²) in [7, 11) is 0. The van der Waals surface area contributed by atoms with Crippen LogP contribution in [0.4, 0.5) is 0 Å². The first-order chi connectivity index (χ1) is 14.2. The van der Waals surface area contributed by atoms with E-state index in [1.165, 1.54) is 5.56 Å². The van der Waals surface area contributed by atoms with Gasteiger partial charge in [-0.15, -0.1) is 0 Å². The highest BCUT2D eigenvalue weighted by Crippen LogP contribution is 2.20. The molecule has 2 N–H and O–H groups in total. The molecule has 0 saturated carbocycles. The van der Waals surface area contributed by atoms with Crippen molar-refractivity contribution in [3.05, 3.63) is 89.6 Å². The standard InChI is InChI=1S/C22H21N5O2/c1-15(16-8-4-2-5-9-16)12-18-13-19(29-27-18)22(28)23-14-20-24-21(26-25-20)17-10-6-3-7-11-17/h2-11,13,15H,12,14H2,1H3,(H,23,28)(H,24,25,26)/t15-/m0/s1. The Morgan fingerprint density at radius 3 is 2.59 bits per heavy atom. The lowest BCUT2D eigenvalue weighted by Gasteiger charge is -2.08. The van der Waals surface area contributed by atoms with Gasteiger partial charge < -0.3 is 9.84 Å². The van der Waals surface area contributed by atoms with Crippen molar-refractivity contribution in [3.63, 3.8) is 0 Å². The van der Waals surface area contributed by atoms with E-state index in [-0.39, 0.29) is 24.1 Å². The fraction of sp³-hybridized carbons (Fsp3) is 0.182. The molecule has 7 nitrogen and oxygen atoms in total. The third-order valence-corrected chi connectivity index (χ3v) is 4.65. The minimum Gasteiger partial charge on any atom is -0.351 e. The fourth-order valence-corrected chi connectivity index (χ4v) is 3.07. The first-order valence-electron chi connectivity index (χ1n) is 9.44. The second-order valence-corrected chi connectivity index (χ2v) is 6.85. The van der Waals surface area contributed by atoms with Crippen LogP contribution in [0.25, 0.3) is 11.4 Å². The van der Waals surface area contributed by atoms with E-state index in [1.807, 2.05) is 48.5 Å². The maximum absolute atomic E-state index is 12.4. The first kappa shape index (κ1) is 18.6. The number of nitrogens with one attached hydrogen (secondary N) is 2. The zero-order valence-corrected chi connectivity index (χ0v) is 16.0. The van der Waals surface area contributed by atoms with Crippen LogP contribution in [0.5, 0.6) is 0 Å². The van der Waals surface area contributed by atoms with E-state index in [1.54, 1.807) is 6.07 Å². The van der Waals surface area contributed by atoms with Crippen molar-refractivity contribution in [2.75, 3.05) is 0 Å². The Balaban J connectivity index is 1.33. The molecule has 0 bridgehead atoms. The summed E-state index contributed by atoms with van der Waals surface area (Å²) in [5, 5.41) is 13.8. The van der Waals surface area contributed by atoms with Gasteiger partial charge in [-0.3, -0.25) is 9.89 Å². The topological polar surface area (TPSA) is 96.7 Å². The predicted octanol–water partition coefficient (Wildman–Crippen LogP) is 3.74. The third kappa shape index (κ3) is 4.57. The van der Waals surface area contributed by atoms with Crippen molar-refractivity contribution in [2.45, 2.75) is 25.8 Å². The minimum absolute atomic E-state index is 0.183. The number of benzene rings is 2. The van der Waals surface area contributed by atoms with Crippen LogP contribution >= 0.6 is 0 Å². The Kier molecular flexibility index (Phi) is 5.47. The lowest BCUT2D eigenvalue weighted by atomic mass is 9.96. The van der Waals surface area contributed by atoms with Gasteiger partial charge in [-0.1, -0.05) is 72.7 Å². The fourth-order valence-electron chi connectivity index (χ4n) is 3.07. The van der Waals surface area contributed by atoms with Gasteiger partial charge in [0.2, 0.25) is 5.76 Å². The van der Waals surface area contributed by atoms with E-state index in [0.717, 1.165) is 11.3 Å². The zero-order valence-electron chi connectivity index (χ0n) is 16.0. The number of carbonyl (C=O) groups excluding carboxylic acids is 1. The molecule has 2 aromatic carbocycles. The smallest absolute Gasteiger partial charge is 0.290 e. The number of H-pyrrole nitrogens is 1. The molecule has 0 fully saturated rings. The van der Waals surface area contributed by atoms with E-state index in [4.69, 9.17) is 4.52 Å². The predicted molar refractivity (Wildman–Crippen MR) is 108 cm³/mol. The highest BCUT2D eigenvalue weighted by Gasteiger charge is 2.16. The Morgan fingerprint density at radius 1 is 1.10 bits per heavy atom. The van der Waals surface area contributed by atoms with E-state index >= 15 is 0 Å². The highest BCUT2D eigenvalue weighted by molar-refractivity contribution is 5.91. The quantitative estimate of drug-likeness (QED) is 0.504. The maximum atomic E-state index is 12.4. The van der Waals surface area contributed by atoms with Crippen LogP contribution in [-0.4, -0.2) is 26.2 Å². The van der Waals surface area contributed by atoms with Crippen LogP contribution in [0.2, 0.25) is 0 Å². The van der Waals surface area contributed by atoms with Gasteiger partial charge in [0, 0.05) is 11.6 Å². The number of aromatic nitrogens is 4. The van der Waals surface area contributed by atoms with Gasteiger partial charge in [-0.25, -0.2) is 4.98 Å². The largest absolute Gasteiger partial charge is 0.351 e. The third-order valence-electron chi connectivity index (χ3n) is 4.65. The normalized spacial score (nSPS) is 11.9. The van der Waals surface area contributed by atoms with E-state index in [9.17, 15) is 4.79 Å². The molecule has 4 aromatic rings. The molecule has 4 rings (SSSR count). The molecular weight excluding hydrogens is 366 g/mol. The van der Waals surface area contributed by atoms with Gasteiger partial charge in [-0.05, 0) is 17.9 Å². The SMILES string of the molecule is C[C@@H](Cc1cc(C(=O)NCc2nc(-c3ccccc3)n[nH]2)on1)c1ccccc1. The Labute approximate surface area is 168 Å². The number of hydrogen-bond donors (Lipinski definition) is 2. The van der Waals surface area contributed by atoms with Gasteiger partial charge in [-0.2, -0.15) is 5.10 Å². The molecule has 0 saturated heterocycles. The number of hydrogen-bond acceptors (Lipinski definition) is 5. The van der Waals surface area contributed by atoms with Gasteiger partial charge in [0.15, 0.2) is 5.82 Å². The highest BCUT2D eigenvalue weighted by atomic mass is 16.5. The molecule has 2 aromatic heterocycles. The Morgan fingerprint density at radius 2 is 1.83 bits per heavy atom. The second-order valence-electron chi connectivity index (χ2n) is 6.85. The van der Waals surface area contributed by atoms with Crippen molar-refractivity contribution in [2.24, 2.45) is 0 Å². The van der Waals surface area contributed by atoms with Crippen molar-refractivity contribution >= 4 is 5.91 Å². The lowest BCUT2D eigenvalue weighted by molar-refractivity contribution is 0.0913. The number of nitrogens with zero attached hydrogens (tertiary/aromatic N) is 3. The summed E-state index contributed by atoms with van der Waals surface area (Å²) < 4.78 is 5.22. The van der Waals surface area contributed by atoms with Crippen LogP contribution in [-0.2, 0) is 13.0 Å². The van der Waals surface area contributed by atoms with E-state index in [0.29, 0.717) is 18.1 Å². The summed E-state index contributed by atoms with van der Waals surface area (Å²) in [6.45, 7) is 2.34. The molecule has 7 heteroatoms. The number of rotatable bonds is 7. The summed E-state index contributed by atoms with van der Waals surface area (Å²) in [5.41, 5.74) is 2.88. The second kappa shape index (κ2) is 8.52. The van der Waals surface area contributed by atoms with E-state index < -0.39 is 0 Å². The van der Waals surface area contributed by atoms with Crippen LogP contribution < -0.4 is 5.32 Å². The average molecular weight is 387 g/mol. The summed E-state index contributed by atoms with van der Waals surface area (Å²) in [6.07, 6.45) is 0.698. The van der Waals surface area contributed by atoms with Crippen LogP contribution in [0, 0.1) is 0 Å². The molecule has 146 valence electrons. The van der Waals surface area contributed by atoms with Crippen LogP contribution in [0.3, 0.4) is 0 Å². The van der Waals surface area contributed by atoms with Crippen molar-refractivity contribution < 1.29 is 9.32 Å². The molecule has 0 aliphatic heterocycles. The molecule has 0 radical (unpaired) electrons. The molecule has 0 aliphatic carbocycles. The molecule has 2 heterocycles. The number of aromatic amines is 1. The van der Waals surface area contributed by atoms with Gasteiger partial charge >= 0.3 is 0 Å². The molecule has 29 heavy (non-hydrogen) atoms. The molecule has 1 amide bonds. The van der Waals surface area contributed by atoms with Crippen LogP contribution in [0.1, 0.15) is 40.5 Å². The number of amides is 1. The molecular formula is C22H21N5O2. The van der Waals surface area contributed by atoms with Gasteiger partial charge in [0.25, 0.3) is 5.91 Å². The van der Waals surface area contributed by atoms with Crippen molar-refractivity contribution in [1.82, 2.24) is 25.7 Å². The lowest BCUT2D eigenvalue weighted by Crippen LogP contribution is -2.23. The zero-order chi connectivity index (χ0) is 20.1. The summed E-state index contributed by atoms with van der Waals surface area (Å²) in [4.78, 5) is 16.8. The van der Waals surface area contributed by atoms with Crippen LogP contribution in [0.15, 0.2) is 71.3 Å².